The summed E-state index contributed by atoms with van der Waals surface area (Å²) in [6.07, 6.45) is 0.489. The van der Waals surface area contributed by atoms with Gasteiger partial charge in [-0.2, -0.15) is 0 Å². The molecule has 0 saturated heterocycles. The summed E-state index contributed by atoms with van der Waals surface area (Å²) in [7, 11) is 0. The molecule has 0 aromatic rings. The summed E-state index contributed by atoms with van der Waals surface area (Å²) in [4.78, 5) is 12.9. The van der Waals surface area contributed by atoms with E-state index in [-0.39, 0.29) is 12.1 Å². The van der Waals surface area contributed by atoms with E-state index in [2.05, 4.69) is 30.6 Å². The maximum Gasteiger partial charge on any atom is 0.303 e. The fourth-order valence-electron chi connectivity index (χ4n) is 1.13. The summed E-state index contributed by atoms with van der Waals surface area (Å²) < 4.78 is 5.02. The molecule has 3 nitrogen and oxygen atoms in total. The zero-order chi connectivity index (χ0) is 11.7. The second kappa shape index (κ2) is 8.31. The zero-order valence-corrected chi connectivity index (χ0v) is 10.2. The molecule has 15 heavy (non-hydrogen) atoms. The minimum Gasteiger partial charge on any atom is -0.449 e. The molecule has 0 heterocycles. The first-order valence-electron chi connectivity index (χ1n) is 5.51. The summed E-state index contributed by atoms with van der Waals surface area (Å²) in [5.74, 6) is 5.74. The van der Waals surface area contributed by atoms with E-state index in [9.17, 15) is 4.79 Å². The fourth-order valence-corrected chi connectivity index (χ4v) is 1.13. The van der Waals surface area contributed by atoms with Crippen LogP contribution >= 0.6 is 0 Å². The van der Waals surface area contributed by atoms with Crippen LogP contribution in [0.15, 0.2) is 0 Å². The highest BCUT2D eigenvalue weighted by Crippen LogP contribution is 1.96. The molecule has 0 aromatic carbocycles. The first-order chi connectivity index (χ1) is 7.13. The Morgan fingerprint density at radius 1 is 1.33 bits per heavy atom. The Kier molecular flexibility index (Phi) is 7.75. The van der Waals surface area contributed by atoms with Gasteiger partial charge in [-0.1, -0.05) is 32.6 Å². The minimum atomic E-state index is -0.265. The van der Waals surface area contributed by atoms with Gasteiger partial charge < -0.3 is 4.74 Å². The Morgan fingerprint density at radius 2 is 1.93 bits per heavy atom. The van der Waals surface area contributed by atoms with Gasteiger partial charge in [0.05, 0.1) is 6.54 Å². The van der Waals surface area contributed by atoms with Crippen molar-refractivity contribution in [3.8, 4) is 11.8 Å². The van der Waals surface area contributed by atoms with Gasteiger partial charge in [0.1, 0.15) is 0 Å². The molecule has 0 N–H and O–H groups in total. The number of hydrogen-bond donors (Lipinski definition) is 0. The Labute approximate surface area is 92.8 Å². The molecule has 0 bridgehead atoms. The predicted octanol–water partition coefficient (Wildman–Crippen LogP) is 1.67. The number of carbonyl (C=O) groups is 1. The van der Waals surface area contributed by atoms with Gasteiger partial charge in [-0.05, 0) is 19.5 Å². The number of carbonyl (C=O) groups excluding carboxylic acids is 1. The first kappa shape index (κ1) is 14.0. The lowest BCUT2D eigenvalue weighted by molar-refractivity contribution is -0.143. The van der Waals surface area contributed by atoms with Crippen molar-refractivity contribution in [2.45, 2.75) is 40.2 Å². The van der Waals surface area contributed by atoms with Gasteiger partial charge in [0.15, 0.2) is 6.10 Å². The van der Waals surface area contributed by atoms with Crippen LogP contribution in [-0.2, 0) is 9.53 Å². The Hall–Kier alpha value is -1.01. The molecule has 0 rings (SSSR count). The molecule has 0 radical (unpaired) electrons. The molecule has 0 amide bonds. The molecular formula is C12H21NO2. The molecule has 0 aliphatic carbocycles. The molecule has 0 spiro atoms. The Morgan fingerprint density at radius 3 is 2.33 bits per heavy atom. The van der Waals surface area contributed by atoms with E-state index in [1.165, 1.54) is 6.92 Å². The van der Waals surface area contributed by atoms with E-state index in [4.69, 9.17) is 4.74 Å². The van der Waals surface area contributed by atoms with Crippen LogP contribution in [0.3, 0.4) is 0 Å². The van der Waals surface area contributed by atoms with Crippen LogP contribution in [0.25, 0.3) is 0 Å². The van der Waals surface area contributed by atoms with Gasteiger partial charge in [-0.25, -0.2) is 0 Å². The smallest absolute Gasteiger partial charge is 0.303 e. The minimum absolute atomic E-state index is 0.252. The third-order valence-corrected chi connectivity index (χ3v) is 2.14. The summed E-state index contributed by atoms with van der Waals surface area (Å²) in [6, 6.07) is 0. The van der Waals surface area contributed by atoms with Crippen LogP contribution in [0.1, 0.15) is 34.1 Å². The maximum absolute atomic E-state index is 10.7. The number of esters is 1. The third kappa shape index (κ3) is 6.98. The summed E-state index contributed by atoms with van der Waals surface area (Å²) in [5.41, 5.74) is 0. The van der Waals surface area contributed by atoms with Crippen molar-refractivity contribution in [3.05, 3.63) is 0 Å². The molecular weight excluding hydrogens is 190 g/mol. The van der Waals surface area contributed by atoms with Crippen molar-refractivity contribution < 1.29 is 9.53 Å². The lowest BCUT2D eigenvalue weighted by atomic mass is 10.3. The van der Waals surface area contributed by atoms with Crippen molar-refractivity contribution in [2.24, 2.45) is 0 Å². The second-order valence-corrected chi connectivity index (χ2v) is 3.29. The molecule has 0 unspecified atom stereocenters. The Bertz CT molecular complexity index is 236. The monoisotopic (exact) mass is 211 g/mol. The fraction of sp³-hybridized carbons (Fsp3) is 0.750. The molecule has 0 aliphatic rings. The molecule has 0 aliphatic heterocycles. The SMILES string of the molecule is CC[C@@H](C#CCN(CC)CC)OC(C)=O. The van der Waals surface area contributed by atoms with Gasteiger partial charge in [0, 0.05) is 6.92 Å². The number of rotatable bonds is 5. The highest BCUT2D eigenvalue weighted by molar-refractivity contribution is 5.66. The van der Waals surface area contributed by atoms with Crippen molar-refractivity contribution in [3.63, 3.8) is 0 Å². The van der Waals surface area contributed by atoms with Crippen LogP contribution in [0.2, 0.25) is 0 Å². The van der Waals surface area contributed by atoms with Gasteiger partial charge in [0.2, 0.25) is 0 Å². The van der Waals surface area contributed by atoms with E-state index >= 15 is 0 Å². The first-order valence-corrected chi connectivity index (χ1v) is 5.51. The largest absolute Gasteiger partial charge is 0.449 e. The van der Waals surface area contributed by atoms with Crippen molar-refractivity contribution in [1.82, 2.24) is 4.90 Å². The molecule has 0 fully saturated rings. The van der Waals surface area contributed by atoms with Gasteiger partial charge in [0.25, 0.3) is 0 Å². The predicted molar refractivity (Wildman–Crippen MR) is 61.4 cm³/mol. The van der Waals surface area contributed by atoms with E-state index in [1.54, 1.807) is 0 Å². The van der Waals surface area contributed by atoms with Crippen molar-refractivity contribution in [1.29, 1.82) is 0 Å². The van der Waals surface area contributed by atoms with Crippen LogP contribution in [0, 0.1) is 11.8 Å². The van der Waals surface area contributed by atoms with Crippen LogP contribution in [0.5, 0.6) is 0 Å². The summed E-state index contributed by atoms with van der Waals surface area (Å²) in [5, 5.41) is 0. The van der Waals surface area contributed by atoms with Gasteiger partial charge in [-0.3, -0.25) is 9.69 Å². The van der Waals surface area contributed by atoms with Crippen molar-refractivity contribution in [2.75, 3.05) is 19.6 Å². The lowest BCUT2D eigenvalue weighted by Crippen LogP contribution is -2.23. The van der Waals surface area contributed by atoms with E-state index < -0.39 is 0 Å². The molecule has 3 heteroatoms. The highest BCUT2D eigenvalue weighted by Gasteiger charge is 2.04. The zero-order valence-electron chi connectivity index (χ0n) is 10.2. The average molecular weight is 211 g/mol. The molecule has 0 aromatic heterocycles. The quantitative estimate of drug-likeness (QED) is 0.512. The maximum atomic E-state index is 10.7. The van der Waals surface area contributed by atoms with E-state index in [0.717, 1.165) is 26.1 Å². The third-order valence-electron chi connectivity index (χ3n) is 2.14. The van der Waals surface area contributed by atoms with Crippen LogP contribution in [0.4, 0.5) is 0 Å². The molecule has 0 saturated carbocycles. The van der Waals surface area contributed by atoms with Gasteiger partial charge in [-0.15, -0.1) is 0 Å². The van der Waals surface area contributed by atoms with Gasteiger partial charge >= 0.3 is 5.97 Å². The van der Waals surface area contributed by atoms with E-state index in [0.29, 0.717) is 0 Å². The van der Waals surface area contributed by atoms with E-state index in [1.807, 2.05) is 6.92 Å². The number of ether oxygens (including phenoxy) is 1. The average Bonchev–Trinajstić information content (AvgIpc) is 2.22. The highest BCUT2D eigenvalue weighted by atomic mass is 16.5. The topological polar surface area (TPSA) is 29.5 Å². The number of nitrogens with zero attached hydrogens (tertiary/aromatic N) is 1. The number of hydrogen-bond acceptors (Lipinski definition) is 3. The standard InChI is InChI=1S/C12H21NO2/c1-5-12(15-11(4)14)9-8-10-13(6-2)7-3/h12H,5-7,10H2,1-4H3/t12-/m0/s1. The van der Waals surface area contributed by atoms with Crippen LogP contribution in [-0.4, -0.2) is 36.6 Å². The second-order valence-electron chi connectivity index (χ2n) is 3.29. The van der Waals surface area contributed by atoms with Crippen LogP contribution < -0.4 is 0 Å². The molecule has 1 atom stereocenters. The normalized spacial score (nSPS) is 11.8. The molecule has 86 valence electrons. The summed E-state index contributed by atoms with van der Waals surface area (Å²) >= 11 is 0. The summed E-state index contributed by atoms with van der Waals surface area (Å²) in [6.45, 7) is 10.3. The lowest BCUT2D eigenvalue weighted by Gasteiger charge is -2.13. The Balaban J connectivity index is 4.05. The van der Waals surface area contributed by atoms with Crippen molar-refractivity contribution >= 4 is 5.97 Å².